The molecule has 0 unspecified atom stereocenters. The fourth-order valence-corrected chi connectivity index (χ4v) is 2.60. The van der Waals surface area contributed by atoms with Crippen molar-refractivity contribution < 1.29 is 4.39 Å². The molecule has 2 nitrogen and oxygen atoms in total. The van der Waals surface area contributed by atoms with Crippen LogP contribution < -0.4 is 0 Å². The molecule has 0 aliphatic rings. The molecule has 1 heterocycles. The molecule has 18 heavy (non-hydrogen) atoms. The van der Waals surface area contributed by atoms with Crippen LogP contribution in [-0.4, -0.2) is 9.97 Å². The zero-order chi connectivity index (χ0) is 13.1. The number of nitrogens with one attached hydrogen (secondary N) is 1. The molecule has 0 saturated heterocycles. The topological polar surface area (TPSA) is 28.7 Å². The average Bonchev–Trinajstić information content (AvgIpc) is 2.35. The molecule has 1 aromatic carbocycles. The van der Waals surface area contributed by atoms with E-state index in [2.05, 4.69) is 25.9 Å². The van der Waals surface area contributed by atoms with E-state index in [1.807, 2.05) is 6.92 Å². The molecular weight excluding hydrogens is 335 g/mol. The molecule has 2 rings (SSSR count). The van der Waals surface area contributed by atoms with Gasteiger partial charge in [-0.25, -0.2) is 9.37 Å². The summed E-state index contributed by atoms with van der Waals surface area (Å²) in [5.74, 6) is 1.26. The van der Waals surface area contributed by atoms with E-state index < -0.39 is 0 Å². The molecule has 0 amide bonds. The van der Waals surface area contributed by atoms with Gasteiger partial charge in [-0.3, -0.25) is 0 Å². The number of hydrogen-bond acceptors (Lipinski definition) is 3. The van der Waals surface area contributed by atoms with Crippen LogP contribution in [0.1, 0.15) is 11.5 Å². The van der Waals surface area contributed by atoms with Gasteiger partial charge < -0.3 is 4.98 Å². The Morgan fingerprint density at radius 2 is 2.06 bits per heavy atom. The Bertz CT molecular complexity index is 610. The van der Waals surface area contributed by atoms with E-state index in [9.17, 15) is 4.39 Å². The van der Waals surface area contributed by atoms with Crippen LogP contribution in [0.5, 0.6) is 0 Å². The van der Waals surface area contributed by atoms with E-state index >= 15 is 0 Å². The summed E-state index contributed by atoms with van der Waals surface area (Å²) in [6.45, 7) is 1.94. The Hall–Kier alpha value is -0.720. The van der Waals surface area contributed by atoms with Gasteiger partial charge in [0, 0.05) is 10.6 Å². The first kappa shape index (κ1) is 13.7. The lowest BCUT2D eigenvalue weighted by atomic mass is 10.4. The van der Waals surface area contributed by atoms with Gasteiger partial charge in [0.2, 0.25) is 0 Å². The van der Waals surface area contributed by atoms with Crippen LogP contribution in [0, 0.1) is 17.4 Å². The maximum absolute atomic E-state index is 12.8. The van der Waals surface area contributed by atoms with Crippen molar-refractivity contribution in [3.8, 4) is 0 Å². The van der Waals surface area contributed by atoms with Gasteiger partial charge in [-0.2, -0.15) is 0 Å². The van der Waals surface area contributed by atoms with Crippen LogP contribution in [0.2, 0.25) is 0 Å². The molecule has 0 fully saturated rings. The lowest BCUT2D eigenvalue weighted by Gasteiger charge is -2.05. The van der Waals surface area contributed by atoms with Crippen molar-refractivity contribution >= 4 is 39.9 Å². The molecule has 6 heteroatoms. The number of benzene rings is 1. The summed E-state index contributed by atoms with van der Waals surface area (Å²) in [5.41, 5.74) is 0.963. The van der Waals surface area contributed by atoms with Gasteiger partial charge in [-0.1, -0.05) is 12.2 Å². The normalized spacial score (nSPS) is 10.6. The summed E-state index contributed by atoms with van der Waals surface area (Å²) in [4.78, 5) is 8.46. The molecule has 0 aliphatic heterocycles. The molecule has 2 aromatic rings. The Morgan fingerprint density at radius 1 is 1.39 bits per heavy atom. The first-order chi connectivity index (χ1) is 8.56. The summed E-state index contributed by atoms with van der Waals surface area (Å²) in [7, 11) is 0. The number of thioether (sulfide) groups is 1. The van der Waals surface area contributed by atoms with E-state index in [1.54, 1.807) is 23.9 Å². The standard InChI is InChI=1S/C12H10BrFN2S2/c1-7-11(13)12(17)16-10(15-7)6-18-9-4-2-8(14)3-5-9/h2-5H,6H2,1H3,(H,15,16,17). The van der Waals surface area contributed by atoms with E-state index in [-0.39, 0.29) is 5.82 Å². The minimum absolute atomic E-state index is 0.226. The largest absolute Gasteiger partial charge is 0.346 e. The van der Waals surface area contributed by atoms with Crippen LogP contribution in [0.25, 0.3) is 0 Å². The molecule has 0 spiro atoms. The van der Waals surface area contributed by atoms with Gasteiger partial charge in [0.05, 0.1) is 10.2 Å². The fourth-order valence-electron chi connectivity index (χ4n) is 1.38. The third kappa shape index (κ3) is 3.40. The summed E-state index contributed by atoms with van der Waals surface area (Å²) < 4.78 is 14.1. The molecule has 0 saturated carbocycles. The van der Waals surface area contributed by atoms with Gasteiger partial charge in [-0.15, -0.1) is 11.8 Å². The molecule has 0 aliphatic carbocycles. The van der Waals surface area contributed by atoms with Crippen LogP contribution in [0.4, 0.5) is 4.39 Å². The van der Waals surface area contributed by atoms with Gasteiger partial charge in [0.25, 0.3) is 0 Å². The highest BCUT2D eigenvalue weighted by Crippen LogP contribution is 2.22. The number of H-pyrrole nitrogens is 1. The van der Waals surface area contributed by atoms with Crippen molar-refractivity contribution in [2.24, 2.45) is 0 Å². The molecular formula is C12H10BrFN2S2. The zero-order valence-electron chi connectivity index (χ0n) is 9.54. The highest BCUT2D eigenvalue weighted by Gasteiger charge is 2.03. The van der Waals surface area contributed by atoms with Crippen molar-refractivity contribution in [1.29, 1.82) is 0 Å². The van der Waals surface area contributed by atoms with E-state index in [1.165, 1.54) is 12.1 Å². The monoisotopic (exact) mass is 344 g/mol. The number of halogens is 2. The summed E-state index contributed by atoms with van der Waals surface area (Å²) in [5, 5.41) is 0. The average molecular weight is 345 g/mol. The molecule has 1 N–H and O–H groups in total. The van der Waals surface area contributed by atoms with Crippen molar-refractivity contribution in [2.45, 2.75) is 17.6 Å². The van der Waals surface area contributed by atoms with Gasteiger partial charge in [0.15, 0.2) is 0 Å². The second kappa shape index (κ2) is 5.95. The third-order valence-electron chi connectivity index (χ3n) is 2.27. The number of nitrogens with zero attached hydrogens (tertiary/aromatic N) is 1. The van der Waals surface area contributed by atoms with E-state index in [0.717, 1.165) is 20.9 Å². The first-order valence-corrected chi connectivity index (χ1v) is 7.38. The lowest BCUT2D eigenvalue weighted by Crippen LogP contribution is -1.97. The molecule has 0 radical (unpaired) electrons. The van der Waals surface area contributed by atoms with Crippen molar-refractivity contribution in [3.63, 3.8) is 0 Å². The Labute approximate surface area is 122 Å². The van der Waals surface area contributed by atoms with Crippen LogP contribution in [0.15, 0.2) is 33.6 Å². The highest BCUT2D eigenvalue weighted by molar-refractivity contribution is 9.10. The molecule has 0 bridgehead atoms. The quantitative estimate of drug-likeness (QED) is 0.649. The van der Waals surface area contributed by atoms with Gasteiger partial charge >= 0.3 is 0 Å². The van der Waals surface area contributed by atoms with Gasteiger partial charge in [0.1, 0.15) is 16.3 Å². The maximum atomic E-state index is 12.8. The fraction of sp³-hybridized carbons (Fsp3) is 0.167. The van der Waals surface area contributed by atoms with Crippen LogP contribution >= 0.6 is 39.9 Å². The molecule has 1 aromatic heterocycles. The van der Waals surface area contributed by atoms with Gasteiger partial charge in [-0.05, 0) is 47.1 Å². The van der Waals surface area contributed by atoms with Crippen molar-refractivity contribution in [3.05, 3.63) is 50.7 Å². The number of aryl methyl sites for hydroxylation is 1. The maximum Gasteiger partial charge on any atom is 0.144 e. The van der Waals surface area contributed by atoms with E-state index in [4.69, 9.17) is 12.2 Å². The second-order valence-corrected chi connectivity index (χ2v) is 5.90. The minimum Gasteiger partial charge on any atom is -0.346 e. The SMILES string of the molecule is Cc1[nH]c(CSc2ccc(F)cc2)nc(=S)c1Br. The summed E-state index contributed by atoms with van der Waals surface area (Å²) in [6.07, 6.45) is 0. The number of rotatable bonds is 3. The zero-order valence-corrected chi connectivity index (χ0v) is 12.8. The van der Waals surface area contributed by atoms with E-state index in [0.29, 0.717) is 10.4 Å². The van der Waals surface area contributed by atoms with Crippen molar-refractivity contribution in [2.75, 3.05) is 0 Å². The summed E-state index contributed by atoms with van der Waals surface area (Å²) >= 11 is 10.1. The van der Waals surface area contributed by atoms with Crippen LogP contribution in [0.3, 0.4) is 0 Å². The smallest absolute Gasteiger partial charge is 0.144 e. The lowest BCUT2D eigenvalue weighted by molar-refractivity contribution is 0.626. The number of hydrogen-bond donors (Lipinski definition) is 1. The number of aromatic amines is 1. The van der Waals surface area contributed by atoms with Crippen LogP contribution in [-0.2, 0) is 5.75 Å². The Balaban J connectivity index is 2.11. The first-order valence-electron chi connectivity index (χ1n) is 5.20. The van der Waals surface area contributed by atoms with Crippen molar-refractivity contribution in [1.82, 2.24) is 9.97 Å². The second-order valence-electron chi connectivity index (χ2n) is 3.67. The summed E-state index contributed by atoms with van der Waals surface area (Å²) in [6, 6.07) is 6.40. The third-order valence-corrected chi connectivity index (χ3v) is 4.83. The molecule has 94 valence electrons. The number of aromatic nitrogens is 2. The predicted octanol–water partition coefficient (Wildman–Crippen LogP) is 4.64. The minimum atomic E-state index is -0.226. The highest BCUT2D eigenvalue weighted by atomic mass is 79.9. The predicted molar refractivity (Wildman–Crippen MR) is 77.8 cm³/mol. The Kier molecular flexibility index (Phi) is 4.53. The molecule has 0 atom stereocenters. The Morgan fingerprint density at radius 3 is 2.67 bits per heavy atom.